The Kier molecular flexibility index (Phi) is 5.93. The number of aromatic nitrogens is 2. The number of anilines is 3. The average molecular weight is 444 g/mol. The number of halogens is 1. The van der Waals surface area contributed by atoms with Gasteiger partial charge in [0.15, 0.2) is 0 Å². The highest BCUT2D eigenvalue weighted by molar-refractivity contribution is 6.31. The number of rotatable bonds is 5. The number of para-hydroxylation sites is 1. The van der Waals surface area contributed by atoms with Crippen molar-refractivity contribution >= 4 is 40.0 Å². The first-order valence-electron chi connectivity index (χ1n) is 11.0. The zero-order valence-corrected chi connectivity index (χ0v) is 18.9. The highest BCUT2D eigenvalue weighted by atomic mass is 35.5. The van der Waals surface area contributed by atoms with Crippen LogP contribution < -0.4 is 10.2 Å². The molecule has 4 aromatic rings. The van der Waals surface area contributed by atoms with Gasteiger partial charge >= 0.3 is 0 Å². The van der Waals surface area contributed by atoms with E-state index in [1.54, 1.807) is 0 Å². The molecule has 5 rings (SSSR count). The highest BCUT2D eigenvalue weighted by Gasteiger charge is 2.21. The molecular formula is C26H26ClN5. The van der Waals surface area contributed by atoms with Crippen molar-refractivity contribution < 1.29 is 0 Å². The van der Waals surface area contributed by atoms with Gasteiger partial charge in [-0.2, -0.15) is 4.98 Å². The fourth-order valence-electron chi connectivity index (χ4n) is 4.05. The van der Waals surface area contributed by atoms with Crippen molar-refractivity contribution in [1.29, 1.82) is 0 Å². The van der Waals surface area contributed by atoms with Crippen LogP contribution in [0.4, 0.5) is 17.5 Å². The van der Waals surface area contributed by atoms with E-state index in [2.05, 4.69) is 64.5 Å². The van der Waals surface area contributed by atoms with E-state index in [0.29, 0.717) is 0 Å². The molecule has 0 bridgehead atoms. The number of hydrogen-bond donors (Lipinski definition) is 1. The second-order valence-electron chi connectivity index (χ2n) is 8.23. The van der Waals surface area contributed by atoms with Crippen LogP contribution in [0.3, 0.4) is 0 Å². The van der Waals surface area contributed by atoms with Gasteiger partial charge in [-0.3, -0.25) is 4.90 Å². The van der Waals surface area contributed by atoms with Crippen LogP contribution in [0.25, 0.3) is 10.9 Å². The molecule has 3 aromatic carbocycles. The molecule has 6 heteroatoms. The molecule has 1 aliphatic heterocycles. The first-order valence-corrected chi connectivity index (χ1v) is 11.3. The van der Waals surface area contributed by atoms with Crippen molar-refractivity contribution in [2.24, 2.45) is 0 Å². The predicted molar refractivity (Wildman–Crippen MR) is 133 cm³/mol. The molecule has 0 spiro atoms. The molecule has 0 amide bonds. The van der Waals surface area contributed by atoms with Crippen LogP contribution in [0.1, 0.15) is 11.1 Å². The molecule has 0 atom stereocenters. The monoisotopic (exact) mass is 443 g/mol. The highest BCUT2D eigenvalue weighted by Crippen LogP contribution is 2.27. The summed E-state index contributed by atoms with van der Waals surface area (Å²) in [5, 5.41) is 5.35. The van der Waals surface area contributed by atoms with E-state index in [0.717, 1.165) is 66.1 Å². The number of fused-ring (bicyclic) bond motifs is 1. The second kappa shape index (κ2) is 9.15. The molecule has 1 N–H and O–H groups in total. The minimum Gasteiger partial charge on any atom is -0.340 e. The standard InChI is InChI=1S/C26H26ClN5/c1-19-10-12-21(13-11-19)28-25-22-7-3-5-9-24(22)29-26(30-25)32-16-14-31(15-17-32)18-20-6-2-4-8-23(20)27/h2-13H,14-18H2,1H3,(H,28,29,30). The first kappa shape index (κ1) is 20.7. The van der Waals surface area contributed by atoms with Gasteiger partial charge in [-0.25, -0.2) is 4.98 Å². The van der Waals surface area contributed by atoms with E-state index in [1.165, 1.54) is 11.1 Å². The summed E-state index contributed by atoms with van der Waals surface area (Å²) in [6.07, 6.45) is 0. The van der Waals surface area contributed by atoms with E-state index < -0.39 is 0 Å². The summed E-state index contributed by atoms with van der Waals surface area (Å²) in [5.41, 5.74) is 4.38. The van der Waals surface area contributed by atoms with Gasteiger partial charge in [-0.1, -0.05) is 59.6 Å². The van der Waals surface area contributed by atoms with E-state index in [4.69, 9.17) is 21.6 Å². The molecule has 1 fully saturated rings. The van der Waals surface area contributed by atoms with Crippen molar-refractivity contribution in [2.75, 3.05) is 36.4 Å². The van der Waals surface area contributed by atoms with Crippen LogP contribution in [-0.2, 0) is 6.54 Å². The number of nitrogens with one attached hydrogen (secondary N) is 1. The second-order valence-corrected chi connectivity index (χ2v) is 8.64. The maximum Gasteiger partial charge on any atom is 0.227 e. The number of piperazine rings is 1. The van der Waals surface area contributed by atoms with Gasteiger partial charge in [0.1, 0.15) is 5.82 Å². The largest absolute Gasteiger partial charge is 0.340 e. The first-order chi connectivity index (χ1) is 15.7. The molecule has 2 heterocycles. The van der Waals surface area contributed by atoms with Crippen LogP contribution in [0.15, 0.2) is 72.8 Å². The minimum absolute atomic E-state index is 0.774. The van der Waals surface area contributed by atoms with Crippen molar-refractivity contribution in [2.45, 2.75) is 13.5 Å². The summed E-state index contributed by atoms with van der Waals surface area (Å²) in [6.45, 7) is 6.61. The third-order valence-corrected chi connectivity index (χ3v) is 6.28. The SMILES string of the molecule is Cc1ccc(Nc2nc(N3CCN(Cc4ccccc4Cl)CC3)nc3ccccc23)cc1. The Morgan fingerprint density at radius 1 is 0.844 bits per heavy atom. The Morgan fingerprint density at radius 2 is 1.56 bits per heavy atom. The molecule has 0 unspecified atom stereocenters. The molecule has 5 nitrogen and oxygen atoms in total. The fourth-order valence-corrected chi connectivity index (χ4v) is 4.24. The van der Waals surface area contributed by atoms with Crippen molar-refractivity contribution in [3.05, 3.63) is 88.9 Å². The Labute approximate surface area is 193 Å². The quantitative estimate of drug-likeness (QED) is 0.431. The minimum atomic E-state index is 0.774. The normalized spacial score (nSPS) is 14.6. The molecule has 162 valence electrons. The van der Waals surface area contributed by atoms with Crippen molar-refractivity contribution in [3.8, 4) is 0 Å². The van der Waals surface area contributed by atoms with Gasteiger partial charge in [0.25, 0.3) is 0 Å². The molecule has 32 heavy (non-hydrogen) atoms. The van der Waals surface area contributed by atoms with Crippen molar-refractivity contribution in [3.63, 3.8) is 0 Å². The van der Waals surface area contributed by atoms with Crippen LogP contribution in [0.5, 0.6) is 0 Å². The lowest BCUT2D eigenvalue weighted by Crippen LogP contribution is -2.46. The maximum atomic E-state index is 6.35. The smallest absolute Gasteiger partial charge is 0.227 e. The number of benzene rings is 3. The van der Waals surface area contributed by atoms with Crippen LogP contribution in [0, 0.1) is 6.92 Å². The van der Waals surface area contributed by atoms with Gasteiger partial charge in [-0.15, -0.1) is 0 Å². The number of aryl methyl sites for hydroxylation is 1. The molecule has 1 aromatic heterocycles. The zero-order valence-electron chi connectivity index (χ0n) is 18.1. The molecule has 0 saturated carbocycles. The number of hydrogen-bond acceptors (Lipinski definition) is 5. The summed E-state index contributed by atoms with van der Waals surface area (Å²) >= 11 is 6.35. The van der Waals surface area contributed by atoms with E-state index in [9.17, 15) is 0 Å². The number of nitrogens with zero attached hydrogens (tertiary/aromatic N) is 4. The summed E-state index contributed by atoms with van der Waals surface area (Å²) < 4.78 is 0. The zero-order chi connectivity index (χ0) is 21.9. The molecular weight excluding hydrogens is 418 g/mol. The van der Waals surface area contributed by atoms with E-state index in [-0.39, 0.29) is 0 Å². The van der Waals surface area contributed by atoms with Crippen LogP contribution >= 0.6 is 11.6 Å². The van der Waals surface area contributed by atoms with Crippen LogP contribution in [-0.4, -0.2) is 41.0 Å². The topological polar surface area (TPSA) is 44.3 Å². The van der Waals surface area contributed by atoms with E-state index in [1.807, 2.05) is 30.3 Å². The summed E-state index contributed by atoms with van der Waals surface area (Å²) in [5.74, 6) is 1.61. The van der Waals surface area contributed by atoms with Gasteiger partial charge in [-0.05, 0) is 42.8 Å². The fraction of sp³-hybridized carbons (Fsp3) is 0.231. The molecule has 1 saturated heterocycles. The summed E-state index contributed by atoms with van der Waals surface area (Å²) in [7, 11) is 0. The van der Waals surface area contributed by atoms with E-state index >= 15 is 0 Å². The Hall–Kier alpha value is -3.15. The third kappa shape index (κ3) is 4.54. The summed E-state index contributed by atoms with van der Waals surface area (Å²) in [4.78, 5) is 14.5. The van der Waals surface area contributed by atoms with Gasteiger partial charge < -0.3 is 10.2 Å². The van der Waals surface area contributed by atoms with Gasteiger partial charge in [0.2, 0.25) is 5.95 Å². The molecule has 1 aliphatic rings. The Bertz CT molecular complexity index is 1220. The Morgan fingerprint density at radius 3 is 2.34 bits per heavy atom. The Balaban J connectivity index is 1.35. The van der Waals surface area contributed by atoms with Crippen LogP contribution in [0.2, 0.25) is 5.02 Å². The predicted octanol–water partition coefficient (Wildman–Crippen LogP) is 5.66. The lowest BCUT2D eigenvalue weighted by molar-refractivity contribution is 0.249. The van der Waals surface area contributed by atoms with Gasteiger partial charge in [0.05, 0.1) is 5.52 Å². The third-order valence-electron chi connectivity index (χ3n) is 5.91. The summed E-state index contributed by atoms with van der Waals surface area (Å²) in [6, 6.07) is 24.6. The van der Waals surface area contributed by atoms with Gasteiger partial charge in [0, 0.05) is 48.8 Å². The molecule has 0 aliphatic carbocycles. The average Bonchev–Trinajstić information content (AvgIpc) is 2.82. The lowest BCUT2D eigenvalue weighted by atomic mass is 10.2. The van der Waals surface area contributed by atoms with Crippen molar-refractivity contribution in [1.82, 2.24) is 14.9 Å². The molecule has 0 radical (unpaired) electrons. The lowest BCUT2D eigenvalue weighted by Gasteiger charge is -2.35. The maximum absolute atomic E-state index is 6.35.